The van der Waals surface area contributed by atoms with Gasteiger partial charge in [0.25, 0.3) is 5.91 Å². The van der Waals surface area contributed by atoms with E-state index in [-0.39, 0.29) is 19.5 Å². The summed E-state index contributed by atoms with van der Waals surface area (Å²) in [5, 5.41) is 2.69. The van der Waals surface area contributed by atoms with Crippen molar-refractivity contribution in [2.45, 2.75) is 25.4 Å². The third-order valence-corrected chi connectivity index (χ3v) is 5.30. The highest BCUT2D eigenvalue weighted by Gasteiger charge is 2.49. The minimum Gasteiger partial charge on any atom is -0.469 e. The summed E-state index contributed by atoms with van der Waals surface area (Å²) < 4.78 is 4.67. The summed E-state index contributed by atoms with van der Waals surface area (Å²) >= 11 is 0. The summed E-state index contributed by atoms with van der Waals surface area (Å²) in [6.45, 7) is 1.56. The number of urea groups is 1. The van der Waals surface area contributed by atoms with Crippen molar-refractivity contribution >= 4 is 23.8 Å². The zero-order valence-corrected chi connectivity index (χ0v) is 17.5. The molecular weight excluding hydrogens is 398 g/mol. The maximum atomic E-state index is 13.1. The molecule has 1 aliphatic rings. The largest absolute Gasteiger partial charge is 0.469 e. The fourth-order valence-electron chi connectivity index (χ4n) is 3.47. The Balaban J connectivity index is 1.76. The molecule has 1 aliphatic heterocycles. The molecule has 8 nitrogen and oxygen atoms in total. The van der Waals surface area contributed by atoms with E-state index in [9.17, 15) is 19.2 Å². The fourth-order valence-corrected chi connectivity index (χ4v) is 3.47. The lowest BCUT2D eigenvalue weighted by atomic mass is 9.92. The topological polar surface area (TPSA) is 96.0 Å². The van der Waals surface area contributed by atoms with Crippen LogP contribution >= 0.6 is 0 Å². The molecule has 4 amide bonds. The first-order valence-corrected chi connectivity index (χ1v) is 9.93. The highest BCUT2D eigenvalue weighted by atomic mass is 16.5. The molecule has 2 aromatic rings. The van der Waals surface area contributed by atoms with Crippen LogP contribution < -0.4 is 5.32 Å². The Morgan fingerprint density at radius 3 is 2.26 bits per heavy atom. The molecule has 1 unspecified atom stereocenters. The van der Waals surface area contributed by atoms with E-state index in [1.54, 1.807) is 31.2 Å². The van der Waals surface area contributed by atoms with Gasteiger partial charge in [0.2, 0.25) is 5.91 Å². The molecule has 0 bridgehead atoms. The molecule has 162 valence electrons. The number of carbonyl (C=O) groups excluding carboxylic acids is 4. The molecule has 0 radical (unpaired) electrons. The standard InChI is InChI=1S/C23H25N3O5/c1-23(18-11-7-4-8-12-18)21(29)26(22(30)24-23)16-19(27)25(14-13-20(28)31-2)15-17-9-5-3-6-10-17/h3-12H,13-16H2,1-2H3,(H,24,30). The maximum Gasteiger partial charge on any atom is 0.325 e. The quantitative estimate of drug-likeness (QED) is 0.518. The molecular formula is C23H25N3O5. The number of hydrogen-bond acceptors (Lipinski definition) is 5. The molecule has 1 heterocycles. The molecule has 0 spiro atoms. The van der Waals surface area contributed by atoms with E-state index in [2.05, 4.69) is 10.1 Å². The molecule has 3 rings (SSSR count). The van der Waals surface area contributed by atoms with Gasteiger partial charge >= 0.3 is 12.0 Å². The maximum absolute atomic E-state index is 13.1. The van der Waals surface area contributed by atoms with E-state index in [1.807, 2.05) is 36.4 Å². The molecule has 2 aromatic carbocycles. The summed E-state index contributed by atoms with van der Waals surface area (Å²) in [5.41, 5.74) is 0.261. The van der Waals surface area contributed by atoms with E-state index in [0.717, 1.165) is 10.5 Å². The van der Waals surface area contributed by atoms with Crippen LogP contribution in [-0.2, 0) is 31.2 Å². The van der Waals surface area contributed by atoms with Gasteiger partial charge in [-0.25, -0.2) is 4.79 Å². The van der Waals surface area contributed by atoms with Gasteiger partial charge in [0.15, 0.2) is 0 Å². The summed E-state index contributed by atoms with van der Waals surface area (Å²) in [6.07, 6.45) is 0.0109. The molecule has 1 fully saturated rings. The second kappa shape index (κ2) is 9.42. The third kappa shape index (κ3) is 4.91. The monoisotopic (exact) mass is 423 g/mol. The highest BCUT2D eigenvalue weighted by molar-refractivity contribution is 6.09. The molecule has 1 saturated heterocycles. The second-order valence-corrected chi connectivity index (χ2v) is 7.44. The Labute approximate surface area is 180 Å². The number of carbonyl (C=O) groups is 4. The molecule has 31 heavy (non-hydrogen) atoms. The fraction of sp³-hybridized carbons (Fsp3) is 0.304. The molecule has 1 atom stereocenters. The van der Waals surface area contributed by atoms with Crippen molar-refractivity contribution in [2.75, 3.05) is 20.2 Å². The van der Waals surface area contributed by atoms with Crippen LogP contribution in [0.1, 0.15) is 24.5 Å². The summed E-state index contributed by atoms with van der Waals surface area (Å²) in [7, 11) is 1.28. The van der Waals surface area contributed by atoms with Crippen molar-refractivity contribution in [3.05, 3.63) is 71.8 Å². The van der Waals surface area contributed by atoms with E-state index in [0.29, 0.717) is 5.56 Å². The van der Waals surface area contributed by atoms with E-state index >= 15 is 0 Å². The number of rotatable bonds is 8. The Hall–Kier alpha value is -3.68. The Morgan fingerprint density at radius 1 is 1.03 bits per heavy atom. The number of imide groups is 1. The molecule has 1 N–H and O–H groups in total. The van der Waals surface area contributed by atoms with Crippen LogP contribution in [0.4, 0.5) is 4.79 Å². The van der Waals surface area contributed by atoms with E-state index in [1.165, 1.54) is 12.0 Å². The third-order valence-electron chi connectivity index (χ3n) is 5.30. The van der Waals surface area contributed by atoms with E-state index < -0.39 is 35.9 Å². The number of ether oxygens (including phenoxy) is 1. The van der Waals surface area contributed by atoms with Crippen LogP contribution in [0.5, 0.6) is 0 Å². The van der Waals surface area contributed by atoms with Crippen molar-refractivity contribution in [3.63, 3.8) is 0 Å². The zero-order chi connectivity index (χ0) is 22.4. The van der Waals surface area contributed by atoms with E-state index in [4.69, 9.17) is 0 Å². The first-order chi connectivity index (χ1) is 14.8. The smallest absolute Gasteiger partial charge is 0.325 e. The van der Waals surface area contributed by atoms with Crippen molar-refractivity contribution < 1.29 is 23.9 Å². The highest BCUT2D eigenvalue weighted by Crippen LogP contribution is 2.28. The number of nitrogens with zero attached hydrogens (tertiary/aromatic N) is 2. The summed E-state index contributed by atoms with van der Waals surface area (Å²) in [6, 6.07) is 17.5. The van der Waals surface area contributed by atoms with Gasteiger partial charge in [0, 0.05) is 13.1 Å². The summed E-state index contributed by atoms with van der Waals surface area (Å²) in [5.74, 6) is -1.38. The lowest BCUT2D eigenvalue weighted by Gasteiger charge is -2.25. The van der Waals surface area contributed by atoms with Gasteiger partial charge in [-0.3, -0.25) is 19.3 Å². The molecule has 0 saturated carbocycles. The van der Waals surface area contributed by atoms with Gasteiger partial charge in [-0.15, -0.1) is 0 Å². The molecule has 8 heteroatoms. The number of hydrogen-bond donors (Lipinski definition) is 1. The predicted octanol–water partition coefficient (Wildman–Crippen LogP) is 2.05. The van der Waals surface area contributed by atoms with Crippen molar-refractivity contribution in [3.8, 4) is 0 Å². The second-order valence-electron chi connectivity index (χ2n) is 7.44. The van der Waals surface area contributed by atoms with Crippen molar-refractivity contribution in [1.29, 1.82) is 0 Å². The number of benzene rings is 2. The van der Waals surface area contributed by atoms with Gasteiger partial charge in [-0.05, 0) is 18.1 Å². The average Bonchev–Trinajstić information content (AvgIpc) is 3.01. The first-order valence-electron chi connectivity index (χ1n) is 9.93. The number of esters is 1. The van der Waals surface area contributed by atoms with Gasteiger partial charge in [0.05, 0.1) is 13.5 Å². The minimum absolute atomic E-state index is 0.0109. The Bertz CT molecular complexity index is 964. The van der Waals surface area contributed by atoms with Crippen LogP contribution in [0, 0.1) is 0 Å². The number of nitrogens with one attached hydrogen (secondary N) is 1. The van der Waals surface area contributed by atoms with Crippen molar-refractivity contribution in [2.24, 2.45) is 0 Å². The van der Waals surface area contributed by atoms with Crippen LogP contribution in [0.25, 0.3) is 0 Å². The van der Waals surface area contributed by atoms with Gasteiger partial charge in [-0.1, -0.05) is 60.7 Å². The zero-order valence-electron chi connectivity index (χ0n) is 17.5. The number of methoxy groups -OCH3 is 1. The first kappa shape index (κ1) is 22.0. The SMILES string of the molecule is COC(=O)CCN(Cc1ccccc1)C(=O)CN1C(=O)NC(C)(c2ccccc2)C1=O. The van der Waals surface area contributed by atoms with Gasteiger partial charge < -0.3 is 15.0 Å². The normalized spacial score (nSPS) is 17.9. The minimum atomic E-state index is -1.24. The predicted molar refractivity (Wildman–Crippen MR) is 113 cm³/mol. The van der Waals surface area contributed by atoms with Crippen LogP contribution in [-0.4, -0.2) is 53.8 Å². The molecule has 0 aromatic heterocycles. The van der Waals surface area contributed by atoms with Crippen LogP contribution in [0.3, 0.4) is 0 Å². The Morgan fingerprint density at radius 2 is 1.65 bits per heavy atom. The van der Waals surface area contributed by atoms with Crippen molar-refractivity contribution in [1.82, 2.24) is 15.1 Å². The van der Waals surface area contributed by atoms with Gasteiger partial charge in [-0.2, -0.15) is 0 Å². The lowest BCUT2D eigenvalue weighted by molar-refractivity contribution is -0.143. The van der Waals surface area contributed by atoms with Crippen LogP contribution in [0.2, 0.25) is 0 Å². The average molecular weight is 423 g/mol. The van der Waals surface area contributed by atoms with Crippen LogP contribution in [0.15, 0.2) is 60.7 Å². The van der Waals surface area contributed by atoms with Gasteiger partial charge in [0.1, 0.15) is 12.1 Å². The number of amides is 4. The lowest BCUT2D eigenvalue weighted by Crippen LogP contribution is -2.44. The molecule has 0 aliphatic carbocycles. The summed E-state index contributed by atoms with van der Waals surface area (Å²) in [4.78, 5) is 52.6. The Kier molecular flexibility index (Phi) is 6.69.